The molecule has 1 N–H and O–H groups in total. The normalized spacial score (nSPS) is 12.5. The minimum absolute atomic E-state index is 0.0607. The van der Waals surface area contributed by atoms with Gasteiger partial charge in [0.1, 0.15) is 6.10 Å². The van der Waals surface area contributed by atoms with Gasteiger partial charge >= 0.3 is 0 Å². The topological polar surface area (TPSA) is 33.1 Å². The molecule has 0 saturated heterocycles. The summed E-state index contributed by atoms with van der Waals surface area (Å²) in [5, 5.41) is 9.84. The van der Waals surface area contributed by atoms with Gasteiger partial charge in [-0.25, -0.2) is 13.2 Å². The van der Waals surface area contributed by atoms with Crippen LogP contribution in [0.15, 0.2) is 36.7 Å². The lowest BCUT2D eigenvalue weighted by atomic mass is 10.0. The fourth-order valence-corrected chi connectivity index (χ4v) is 1.46. The molecule has 1 aromatic carbocycles. The molecule has 88 valence electrons. The van der Waals surface area contributed by atoms with Crippen LogP contribution in [0.2, 0.25) is 0 Å². The van der Waals surface area contributed by atoms with Crippen LogP contribution in [0.1, 0.15) is 17.2 Å². The molecule has 0 fully saturated rings. The van der Waals surface area contributed by atoms with Gasteiger partial charge in [-0.15, -0.1) is 0 Å². The third-order valence-electron chi connectivity index (χ3n) is 2.32. The van der Waals surface area contributed by atoms with Crippen molar-refractivity contribution >= 4 is 0 Å². The molecule has 1 atom stereocenters. The Labute approximate surface area is 95.4 Å². The average Bonchev–Trinajstić information content (AvgIpc) is 2.35. The van der Waals surface area contributed by atoms with Crippen molar-refractivity contribution in [3.05, 3.63) is 65.2 Å². The van der Waals surface area contributed by atoms with Crippen molar-refractivity contribution in [2.24, 2.45) is 0 Å². The zero-order chi connectivity index (χ0) is 12.4. The number of aromatic nitrogens is 1. The molecule has 2 rings (SSSR count). The summed E-state index contributed by atoms with van der Waals surface area (Å²) < 4.78 is 38.7. The Morgan fingerprint density at radius 1 is 1.06 bits per heavy atom. The molecule has 2 nitrogen and oxygen atoms in total. The second-order valence-corrected chi connectivity index (χ2v) is 3.49. The Morgan fingerprint density at radius 2 is 1.71 bits per heavy atom. The van der Waals surface area contributed by atoms with Gasteiger partial charge in [0.2, 0.25) is 0 Å². The summed E-state index contributed by atoms with van der Waals surface area (Å²) >= 11 is 0. The monoisotopic (exact) mass is 239 g/mol. The maximum absolute atomic E-state index is 13.0. The first-order valence-electron chi connectivity index (χ1n) is 4.82. The number of nitrogens with zero attached hydrogens (tertiary/aromatic N) is 1. The smallest absolute Gasteiger partial charge is 0.194 e. The molecule has 2 aromatic rings. The number of hydrogen-bond donors (Lipinski definition) is 1. The highest BCUT2D eigenvalue weighted by molar-refractivity contribution is 5.29. The number of benzene rings is 1. The van der Waals surface area contributed by atoms with Crippen molar-refractivity contribution in [2.75, 3.05) is 0 Å². The first kappa shape index (κ1) is 11.6. The molecule has 0 aliphatic carbocycles. The number of hydrogen-bond acceptors (Lipinski definition) is 2. The summed E-state index contributed by atoms with van der Waals surface area (Å²) in [6, 6.07) is 4.65. The summed E-state index contributed by atoms with van der Waals surface area (Å²) in [6.07, 6.45) is 1.62. The largest absolute Gasteiger partial charge is 0.384 e. The Bertz CT molecular complexity index is 508. The Morgan fingerprint density at radius 3 is 2.24 bits per heavy atom. The number of rotatable bonds is 2. The minimum atomic E-state index is -1.55. The SMILES string of the molecule is OC(c1cccnc1)c1cc(F)c(F)c(F)c1. The van der Waals surface area contributed by atoms with Crippen molar-refractivity contribution in [3.63, 3.8) is 0 Å². The standard InChI is InChI=1S/C12H8F3NO/c13-9-4-8(5-10(14)11(9)15)12(17)7-2-1-3-16-6-7/h1-6,12,17H. The van der Waals surface area contributed by atoms with Crippen LogP contribution in [0, 0.1) is 17.5 Å². The van der Waals surface area contributed by atoms with E-state index in [9.17, 15) is 18.3 Å². The van der Waals surface area contributed by atoms with Gasteiger partial charge in [-0.3, -0.25) is 4.98 Å². The van der Waals surface area contributed by atoms with Crippen LogP contribution in [0.25, 0.3) is 0 Å². The molecule has 0 bridgehead atoms. The zero-order valence-corrected chi connectivity index (χ0v) is 8.57. The number of halogens is 3. The summed E-state index contributed by atoms with van der Waals surface area (Å²) in [5.41, 5.74) is 0.312. The number of pyridine rings is 1. The van der Waals surface area contributed by atoms with Gasteiger partial charge in [0.05, 0.1) is 0 Å². The molecule has 0 spiro atoms. The van der Waals surface area contributed by atoms with Crippen molar-refractivity contribution in [3.8, 4) is 0 Å². The Kier molecular flexibility index (Phi) is 3.10. The van der Waals surface area contributed by atoms with Gasteiger partial charge in [0.25, 0.3) is 0 Å². The summed E-state index contributed by atoms with van der Waals surface area (Å²) in [4.78, 5) is 3.77. The molecule has 0 aliphatic heterocycles. The first-order valence-corrected chi connectivity index (χ1v) is 4.82. The highest BCUT2D eigenvalue weighted by Crippen LogP contribution is 2.24. The van der Waals surface area contributed by atoms with E-state index in [-0.39, 0.29) is 5.56 Å². The second-order valence-electron chi connectivity index (χ2n) is 3.49. The lowest BCUT2D eigenvalue weighted by Crippen LogP contribution is -2.03. The van der Waals surface area contributed by atoms with Crippen LogP contribution in [-0.4, -0.2) is 10.1 Å². The minimum Gasteiger partial charge on any atom is -0.384 e. The van der Waals surface area contributed by atoms with Crippen LogP contribution in [0.4, 0.5) is 13.2 Å². The molecule has 17 heavy (non-hydrogen) atoms. The molecule has 5 heteroatoms. The van der Waals surface area contributed by atoms with Crippen molar-refractivity contribution in [1.29, 1.82) is 0 Å². The molecule has 0 amide bonds. The molecular weight excluding hydrogens is 231 g/mol. The summed E-state index contributed by atoms with van der Waals surface area (Å²) in [5.74, 6) is -4.21. The predicted molar refractivity (Wildman–Crippen MR) is 54.6 cm³/mol. The fraction of sp³-hybridized carbons (Fsp3) is 0.0833. The lowest BCUT2D eigenvalue weighted by Gasteiger charge is -2.11. The highest BCUT2D eigenvalue weighted by atomic mass is 19.2. The molecule has 0 saturated carbocycles. The maximum atomic E-state index is 13.0. The fourth-order valence-electron chi connectivity index (χ4n) is 1.46. The molecular formula is C12H8F3NO. The van der Waals surface area contributed by atoms with E-state index in [1.54, 1.807) is 12.1 Å². The second kappa shape index (κ2) is 4.55. The van der Waals surface area contributed by atoms with Gasteiger partial charge in [-0.1, -0.05) is 6.07 Å². The van der Waals surface area contributed by atoms with Gasteiger partial charge < -0.3 is 5.11 Å². The summed E-state index contributed by atoms with van der Waals surface area (Å²) in [7, 11) is 0. The van der Waals surface area contributed by atoms with Crippen LogP contribution in [0.5, 0.6) is 0 Å². The molecule has 1 unspecified atom stereocenters. The lowest BCUT2D eigenvalue weighted by molar-refractivity contribution is 0.218. The number of aliphatic hydroxyl groups excluding tert-OH is 1. The van der Waals surface area contributed by atoms with Crippen LogP contribution >= 0.6 is 0 Å². The van der Waals surface area contributed by atoms with Gasteiger partial charge in [-0.05, 0) is 23.8 Å². The van der Waals surface area contributed by atoms with E-state index in [0.717, 1.165) is 12.1 Å². The van der Waals surface area contributed by atoms with Crippen molar-refractivity contribution in [1.82, 2.24) is 4.98 Å². The van der Waals surface area contributed by atoms with E-state index < -0.39 is 23.6 Å². The van der Waals surface area contributed by atoms with E-state index in [1.165, 1.54) is 12.4 Å². The van der Waals surface area contributed by atoms with Gasteiger partial charge in [0.15, 0.2) is 17.5 Å². The van der Waals surface area contributed by atoms with E-state index in [0.29, 0.717) is 5.56 Å². The predicted octanol–water partition coefficient (Wildman–Crippen LogP) is 2.58. The van der Waals surface area contributed by atoms with Crippen LogP contribution < -0.4 is 0 Å². The zero-order valence-electron chi connectivity index (χ0n) is 8.57. The first-order chi connectivity index (χ1) is 8.09. The average molecular weight is 239 g/mol. The molecule has 0 radical (unpaired) electrons. The third kappa shape index (κ3) is 2.29. The third-order valence-corrected chi connectivity index (χ3v) is 2.32. The van der Waals surface area contributed by atoms with E-state index in [2.05, 4.69) is 4.98 Å². The summed E-state index contributed by atoms with van der Waals surface area (Å²) in [6.45, 7) is 0. The molecule has 1 aromatic heterocycles. The maximum Gasteiger partial charge on any atom is 0.194 e. The quantitative estimate of drug-likeness (QED) is 0.817. The van der Waals surface area contributed by atoms with E-state index >= 15 is 0 Å². The van der Waals surface area contributed by atoms with E-state index in [4.69, 9.17) is 0 Å². The van der Waals surface area contributed by atoms with Crippen molar-refractivity contribution in [2.45, 2.75) is 6.10 Å². The van der Waals surface area contributed by atoms with E-state index in [1.807, 2.05) is 0 Å². The van der Waals surface area contributed by atoms with Crippen molar-refractivity contribution < 1.29 is 18.3 Å². The van der Waals surface area contributed by atoms with Gasteiger partial charge in [-0.2, -0.15) is 0 Å². The highest BCUT2D eigenvalue weighted by Gasteiger charge is 2.16. The van der Waals surface area contributed by atoms with Gasteiger partial charge in [0, 0.05) is 18.0 Å². The molecule has 0 aliphatic rings. The number of aliphatic hydroxyl groups is 1. The Hall–Kier alpha value is -1.88. The molecule has 1 heterocycles. The Balaban J connectivity index is 2.41. The van der Waals surface area contributed by atoms with Crippen LogP contribution in [0.3, 0.4) is 0 Å². The van der Waals surface area contributed by atoms with Crippen LogP contribution in [-0.2, 0) is 0 Å².